The number of unbranched alkanes of at least 4 members (excludes halogenated alkanes) is 4. The van der Waals surface area contributed by atoms with E-state index in [4.69, 9.17) is 5.11 Å². The van der Waals surface area contributed by atoms with Gasteiger partial charge in [-0.3, -0.25) is 53.1 Å². The molecule has 392 valence electrons. The summed E-state index contributed by atoms with van der Waals surface area (Å²) in [6, 6.07) is -5.14. The van der Waals surface area contributed by atoms with Crippen LogP contribution >= 0.6 is 0 Å². The standard InChI is InChI=1S/C44H70N10O16/c55-34(14-12-31(42(66)67)50-44(70)51-32(43(68)69)13-15-38(59)60)45-16-8-3-1-2-7-11-35(56)49-33(25-30-9-5-4-6-10-30)41(65)48-26-36(57)46-17-18-47-37(58)27-52-19-21-53(28-39(61)62)23-24-54(22-20-52)29-40(63)64/h4-5,9,31-33H,1-3,6-8,10-29H2,(H,45,55)(H,46,57)(H,47,58)(H,48,65)(H,49,56)(H,59,60)(H,61,62)(H,63,64)(H,66,67)(H,68,69)(H2,50,51,70)/t31?,32?,33-/m0/s1. The number of carboxylic acid groups (broad SMARTS) is 5. The van der Waals surface area contributed by atoms with Crippen LogP contribution in [0.2, 0.25) is 0 Å². The Hall–Kier alpha value is -6.67. The molecular formula is C44H70N10O16. The average molecular weight is 995 g/mol. The van der Waals surface area contributed by atoms with E-state index in [1.165, 1.54) is 0 Å². The summed E-state index contributed by atoms with van der Waals surface area (Å²) >= 11 is 0. The molecule has 1 aliphatic carbocycles. The molecule has 70 heavy (non-hydrogen) atoms. The number of nitrogens with zero attached hydrogens (tertiary/aromatic N) is 3. The van der Waals surface area contributed by atoms with Gasteiger partial charge in [-0.05, 0) is 44.9 Å². The molecule has 3 atom stereocenters. The molecule has 26 heteroatoms. The number of nitrogens with one attached hydrogen (secondary N) is 7. The maximum Gasteiger partial charge on any atom is 0.326 e. The van der Waals surface area contributed by atoms with Crippen molar-refractivity contribution in [3.63, 3.8) is 0 Å². The summed E-state index contributed by atoms with van der Waals surface area (Å²) in [5.41, 5.74) is 0.958. The molecule has 0 aromatic carbocycles. The van der Waals surface area contributed by atoms with Crippen LogP contribution in [0.3, 0.4) is 0 Å². The van der Waals surface area contributed by atoms with Crippen LogP contribution in [0.25, 0.3) is 0 Å². The van der Waals surface area contributed by atoms with E-state index in [9.17, 15) is 73.2 Å². The highest BCUT2D eigenvalue weighted by atomic mass is 16.4. The van der Waals surface area contributed by atoms with E-state index in [2.05, 4.69) is 31.9 Å². The third-order valence-electron chi connectivity index (χ3n) is 11.1. The summed E-state index contributed by atoms with van der Waals surface area (Å²) in [6.07, 6.45) is 9.39. The van der Waals surface area contributed by atoms with E-state index in [1.807, 2.05) is 28.4 Å². The number of carboxylic acids is 5. The molecule has 0 aromatic heterocycles. The van der Waals surface area contributed by atoms with Gasteiger partial charge in [-0.2, -0.15) is 0 Å². The Kier molecular flexibility index (Phi) is 28.7. The largest absolute Gasteiger partial charge is 0.481 e. The number of urea groups is 1. The lowest BCUT2D eigenvalue weighted by Gasteiger charge is -2.24. The van der Waals surface area contributed by atoms with Crippen LogP contribution in [0.1, 0.15) is 83.5 Å². The topological polar surface area (TPSA) is 383 Å². The zero-order chi connectivity index (χ0) is 51.8. The minimum absolute atomic E-state index is 0.0235. The molecule has 2 aliphatic rings. The number of carbonyl (C=O) groups excluding carboxylic acids is 6. The van der Waals surface area contributed by atoms with Crippen LogP contribution in [-0.4, -0.2) is 209 Å². The minimum atomic E-state index is -1.56. The summed E-state index contributed by atoms with van der Waals surface area (Å²) in [7, 11) is 0. The van der Waals surface area contributed by atoms with Gasteiger partial charge in [0.2, 0.25) is 29.5 Å². The van der Waals surface area contributed by atoms with Crippen LogP contribution in [0, 0.1) is 0 Å². The molecule has 12 N–H and O–H groups in total. The third kappa shape index (κ3) is 28.0. The molecule has 0 radical (unpaired) electrons. The van der Waals surface area contributed by atoms with Gasteiger partial charge in [-0.25, -0.2) is 14.4 Å². The molecule has 0 saturated carbocycles. The van der Waals surface area contributed by atoms with Gasteiger partial charge in [0.25, 0.3) is 0 Å². The van der Waals surface area contributed by atoms with Crippen molar-refractivity contribution in [2.24, 2.45) is 0 Å². The first kappa shape index (κ1) is 59.5. The Morgan fingerprint density at radius 1 is 0.500 bits per heavy atom. The Morgan fingerprint density at radius 3 is 1.54 bits per heavy atom. The number of allylic oxidation sites excluding steroid dienone is 3. The van der Waals surface area contributed by atoms with Gasteiger partial charge in [0, 0.05) is 78.2 Å². The van der Waals surface area contributed by atoms with E-state index in [0.717, 1.165) is 18.4 Å². The fourth-order valence-electron chi connectivity index (χ4n) is 7.29. The van der Waals surface area contributed by atoms with Crippen molar-refractivity contribution in [1.82, 2.24) is 51.9 Å². The summed E-state index contributed by atoms with van der Waals surface area (Å²) in [5.74, 6) is -8.45. The Labute approximate surface area is 405 Å². The molecule has 2 rings (SSSR count). The lowest BCUT2D eigenvalue weighted by atomic mass is 9.97. The van der Waals surface area contributed by atoms with Crippen molar-refractivity contribution in [3.8, 4) is 0 Å². The van der Waals surface area contributed by atoms with Gasteiger partial charge in [0.15, 0.2) is 0 Å². The molecule has 7 amide bonds. The van der Waals surface area contributed by atoms with Crippen molar-refractivity contribution in [1.29, 1.82) is 0 Å². The predicted octanol–water partition coefficient (Wildman–Crippen LogP) is -2.12. The Balaban J connectivity index is 1.70. The molecule has 0 bridgehead atoms. The van der Waals surface area contributed by atoms with Crippen LogP contribution in [0.4, 0.5) is 4.79 Å². The first-order chi connectivity index (χ1) is 33.3. The molecule has 1 saturated heterocycles. The summed E-state index contributed by atoms with van der Waals surface area (Å²) in [4.78, 5) is 138. The highest BCUT2D eigenvalue weighted by Crippen LogP contribution is 2.18. The maximum atomic E-state index is 13.3. The number of hydrogen-bond donors (Lipinski definition) is 12. The predicted molar refractivity (Wildman–Crippen MR) is 248 cm³/mol. The zero-order valence-corrected chi connectivity index (χ0v) is 39.4. The summed E-state index contributed by atoms with van der Waals surface area (Å²) in [5, 5.41) is 63.4. The number of hydrogen-bond acceptors (Lipinski definition) is 14. The van der Waals surface area contributed by atoms with Crippen molar-refractivity contribution < 1.29 is 78.3 Å². The fraction of sp³-hybridized carbons (Fsp3) is 0.659. The van der Waals surface area contributed by atoms with E-state index in [0.29, 0.717) is 77.9 Å². The third-order valence-corrected chi connectivity index (χ3v) is 11.1. The van der Waals surface area contributed by atoms with E-state index in [-0.39, 0.29) is 76.8 Å². The van der Waals surface area contributed by atoms with E-state index >= 15 is 0 Å². The van der Waals surface area contributed by atoms with E-state index in [1.54, 1.807) is 9.80 Å². The Bertz CT molecular complexity index is 1840. The molecule has 0 spiro atoms. The first-order valence-corrected chi connectivity index (χ1v) is 23.4. The Morgan fingerprint density at radius 2 is 1.01 bits per heavy atom. The average Bonchev–Trinajstić information content (AvgIpc) is 3.37. The number of aliphatic carboxylic acids is 5. The van der Waals surface area contributed by atoms with Crippen molar-refractivity contribution in [2.75, 3.05) is 85.1 Å². The molecule has 1 heterocycles. The fourth-order valence-corrected chi connectivity index (χ4v) is 7.29. The van der Waals surface area contributed by atoms with Gasteiger partial charge < -0.3 is 62.8 Å². The molecule has 2 unspecified atom stereocenters. The normalized spacial score (nSPS) is 15.7. The summed E-state index contributed by atoms with van der Waals surface area (Å²) in [6.45, 7) is 1.87. The van der Waals surface area contributed by atoms with Gasteiger partial charge in [-0.1, -0.05) is 43.1 Å². The number of amides is 7. The van der Waals surface area contributed by atoms with Crippen LogP contribution in [-0.2, 0) is 47.9 Å². The highest BCUT2D eigenvalue weighted by Gasteiger charge is 2.27. The molecule has 0 aromatic rings. The lowest BCUT2D eigenvalue weighted by Crippen LogP contribution is -2.51. The second kappa shape index (κ2) is 33.8. The van der Waals surface area contributed by atoms with Gasteiger partial charge in [-0.15, -0.1) is 0 Å². The monoisotopic (exact) mass is 994 g/mol. The smallest absolute Gasteiger partial charge is 0.326 e. The quantitative estimate of drug-likeness (QED) is 0.0313. The van der Waals surface area contributed by atoms with Crippen LogP contribution < -0.4 is 37.2 Å². The minimum Gasteiger partial charge on any atom is -0.481 e. The van der Waals surface area contributed by atoms with Crippen molar-refractivity contribution >= 4 is 65.4 Å². The SMILES string of the molecule is O=C(O)CCC(NC(=O)NC(CCC(=O)NCCCCCCCC(=O)N[C@@H](CC1=CC=CCC1)C(=O)NCC(=O)NCCNC(=O)CN1CCN(CC(=O)O)CCN(CC(=O)O)CC1)C(=O)O)C(=O)O. The van der Waals surface area contributed by atoms with E-state index < -0.39 is 84.6 Å². The van der Waals surface area contributed by atoms with Crippen LogP contribution in [0.5, 0.6) is 0 Å². The van der Waals surface area contributed by atoms with Gasteiger partial charge >= 0.3 is 35.9 Å². The van der Waals surface area contributed by atoms with Crippen LogP contribution in [0.15, 0.2) is 23.8 Å². The second-order valence-electron chi connectivity index (χ2n) is 16.9. The van der Waals surface area contributed by atoms with Crippen molar-refractivity contribution in [3.05, 3.63) is 23.8 Å². The molecule has 1 aliphatic heterocycles. The zero-order valence-electron chi connectivity index (χ0n) is 39.4. The van der Waals surface area contributed by atoms with Crippen molar-refractivity contribution in [2.45, 2.75) is 102 Å². The lowest BCUT2D eigenvalue weighted by molar-refractivity contribution is -0.141. The second-order valence-corrected chi connectivity index (χ2v) is 16.9. The number of carbonyl (C=O) groups is 11. The maximum absolute atomic E-state index is 13.3. The molecular weight excluding hydrogens is 925 g/mol. The molecule has 26 nitrogen and oxygen atoms in total. The molecule has 1 fully saturated rings. The summed E-state index contributed by atoms with van der Waals surface area (Å²) < 4.78 is 0. The van der Waals surface area contributed by atoms with Gasteiger partial charge in [0.1, 0.15) is 18.1 Å². The number of rotatable bonds is 33. The first-order valence-electron chi connectivity index (χ1n) is 23.4. The highest BCUT2D eigenvalue weighted by molar-refractivity contribution is 5.91. The van der Waals surface area contributed by atoms with Gasteiger partial charge in [0.05, 0.1) is 26.2 Å².